The lowest BCUT2D eigenvalue weighted by Crippen LogP contribution is -2.21. The quantitative estimate of drug-likeness (QED) is 0.669. The van der Waals surface area contributed by atoms with Crippen LogP contribution in [0.25, 0.3) is 0 Å². The van der Waals surface area contributed by atoms with E-state index in [0.717, 1.165) is 19.3 Å². The van der Waals surface area contributed by atoms with Crippen LogP contribution in [0.3, 0.4) is 0 Å². The third-order valence-corrected chi connectivity index (χ3v) is 3.82. The smallest absolute Gasteiger partial charge is 0.310 e. The number of allylic oxidation sites excluding steroid dienone is 1. The number of carbonyl (C=O) groups is 1. The van der Waals surface area contributed by atoms with E-state index in [-0.39, 0.29) is 5.92 Å². The van der Waals surface area contributed by atoms with Gasteiger partial charge in [0.05, 0.1) is 5.92 Å². The molecule has 0 aromatic heterocycles. The molecule has 2 fully saturated rings. The Morgan fingerprint density at radius 3 is 2.33 bits per heavy atom. The zero-order valence-corrected chi connectivity index (χ0v) is 9.30. The first-order chi connectivity index (χ1) is 7.29. The van der Waals surface area contributed by atoms with Gasteiger partial charge in [-0.2, -0.15) is 0 Å². The summed E-state index contributed by atoms with van der Waals surface area (Å²) in [5.74, 6) is -0.741. The van der Waals surface area contributed by atoms with Gasteiger partial charge in [0.2, 0.25) is 0 Å². The minimum absolute atomic E-state index is 0.146. The topological polar surface area (TPSA) is 37.3 Å². The molecular formula is C13H20O2. The van der Waals surface area contributed by atoms with Crippen LogP contribution in [0.15, 0.2) is 11.1 Å². The van der Waals surface area contributed by atoms with Gasteiger partial charge in [0.15, 0.2) is 0 Å². The van der Waals surface area contributed by atoms with Crippen molar-refractivity contribution in [3.8, 4) is 0 Å². The highest BCUT2D eigenvalue weighted by atomic mass is 16.4. The molecule has 0 heterocycles. The molecule has 1 atom stereocenters. The van der Waals surface area contributed by atoms with Crippen molar-refractivity contribution in [3.63, 3.8) is 0 Å². The minimum atomic E-state index is -0.595. The Balaban J connectivity index is 2.18. The molecule has 0 aromatic rings. The van der Waals surface area contributed by atoms with Crippen LogP contribution >= 0.6 is 0 Å². The lowest BCUT2D eigenvalue weighted by molar-refractivity contribution is -0.141. The van der Waals surface area contributed by atoms with Gasteiger partial charge in [-0.05, 0) is 44.9 Å². The predicted octanol–water partition coefficient (Wildman–Crippen LogP) is 3.52. The maximum Gasteiger partial charge on any atom is 0.310 e. The molecule has 2 rings (SSSR count). The largest absolute Gasteiger partial charge is 0.481 e. The molecule has 2 heteroatoms. The monoisotopic (exact) mass is 208 g/mol. The molecule has 0 spiro atoms. The van der Waals surface area contributed by atoms with Crippen LogP contribution in [0.4, 0.5) is 0 Å². The van der Waals surface area contributed by atoms with Gasteiger partial charge in [0.1, 0.15) is 0 Å². The second-order valence-corrected chi connectivity index (χ2v) is 4.83. The van der Waals surface area contributed by atoms with Gasteiger partial charge >= 0.3 is 5.97 Å². The van der Waals surface area contributed by atoms with Crippen LogP contribution < -0.4 is 0 Å². The molecule has 84 valence electrons. The molecule has 0 amide bonds. The Bertz CT molecular complexity index is 270. The summed E-state index contributed by atoms with van der Waals surface area (Å²) in [6.07, 6.45) is 10.4. The first-order valence-corrected chi connectivity index (χ1v) is 6.22. The Morgan fingerprint density at radius 2 is 1.67 bits per heavy atom. The zero-order valence-electron chi connectivity index (χ0n) is 9.30. The number of rotatable bonds is 1. The van der Waals surface area contributed by atoms with Crippen molar-refractivity contribution < 1.29 is 9.90 Å². The lowest BCUT2D eigenvalue weighted by atomic mass is 9.78. The summed E-state index contributed by atoms with van der Waals surface area (Å²) in [6.45, 7) is 0. The highest BCUT2D eigenvalue weighted by Crippen LogP contribution is 2.37. The van der Waals surface area contributed by atoms with E-state index in [1.54, 1.807) is 0 Å². The van der Waals surface area contributed by atoms with Crippen molar-refractivity contribution in [2.45, 2.75) is 57.8 Å². The Hall–Kier alpha value is -0.790. The SMILES string of the molecule is O=C(O)C1CCCCC1=C1CCCCC1. The van der Waals surface area contributed by atoms with E-state index in [1.807, 2.05) is 0 Å². The first-order valence-electron chi connectivity index (χ1n) is 6.22. The molecule has 1 N–H and O–H groups in total. The summed E-state index contributed by atoms with van der Waals surface area (Å²) in [5, 5.41) is 9.21. The molecule has 15 heavy (non-hydrogen) atoms. The van der Waals surface area contributed by atoms with E-state index < -0.39 is 5.97 Å². The van der Waals surface area contributed by atoms with Crippen molar-refractivity contribution in [2.75, 3.05) is 0 Å². The van der Waals surface area contributed by atoms with E-state index in [0.29, 0.717) is 0 Å². The van der Waals surface area contributed by atoms with E-state index in [9.17, 15) is 9.90 Å². The molecule has 0 aliphatic heterocycles. The van der Waals surface area contributed by atoms with Gasteiger partial charge in [-0.15, -0.1) is 0 Å². The Kier molecular flexibility index (Phi) is 3.45. The molecular weight excluding hydrogens is 188 g/mol. The van der Waals surface area contributed by atoms with Crippen molar-refractivity contribution in [3.05, 3.63) is 11.1 Å². The minimum Gasteiger partial charge on any atom is -0.481 e. The average molecular weight is 208 g/mol. The maximum atomic E-state index is 11.2. The number of carboxylic acid groups (broad SMARTS) is 1. The highest BCUT2D eigenvalue weighted by molar-refractivity contribution is 5.74. The third kappa shape index (κ3) is 2.42. The fourth-order valence-corrected chi connectivity index (χ4v) is 3.01. The summed E-state index contributed by atoms with van der Waals surface area (Å²) in [7, 11) is 0. The zero-order chi connectivity index (χ0) is 10.7. The van der Waals surface area contributed by atoms with E-state index in [1.165, 1.54) is 49.7 Å². The molecule has 2 saturated carbocycles. The van der Waals surface area contributed by atoms with Crippen molar-refractivity contribution in [1.82, 2.24) is 0 Å². The summed E-state index contributed by atoms with van der Waals surface area (Å²) in [5.41, 5.74) is 2.79. The molecule has 0 radical (unpaired) electrons. The van der Waals surface area contributed by atoms with Crippen LogP contribution in [-0.4, -0.2) is 11.1 Å². The molecule has 2 aliphatic carbocycles. The number of hydrogen-bond donors (Lipinski definition) is 1. The molecule has 0 bridgehead atoms. The number of aliphatic carboxylic acids is 1. The van der Waals surface area contributed by atoms with Crippen molar-refractivity contribution in [1.29, 1.82) is 0 Å². The Morgan fingerprint density at radius 1 is 1.00 bits per heavy atom. The standard InChI is InChI=1S/C13H20O2/c14-13(15)12-9-5-4-8-11(12)10-6-2-1-3-7-10/h12H,1-9H2,(H,14,15). The van der Waals surface area contributed by atoms with Crippen LogP contribution in [0.2, 0.25) is 0 Å². The summed E-state index contributed by atoms with van der Waals surface area (Å²) in [4.78, 5) is 11.2. The average Bonchev–Trinajstić information content (AvgIpc) is 2.30. The normalized spacial score (nSPS) is 27.9. The number of hydrogen-bond acceptors (Lipinski definition) is 1. The van der Waals surface area contributed by atoms with Gasteiger partial charge in [-0.25, -0.2) is 0 Å². The van der Waals surface area contributed by atoms with Crippen LogP contribution in [0.1, 0.15) is 57.8 Å². The third-order valence-electron chi connectivity index (χ3n) is 3.82. The van der Waals surface area contributed by atoms with Gasteiger partial charge in [0.25, 0.3) is 0 Å². The molecule has 2 nitrogen and oxygen atoms in total. The van der Waals surface area contributed by atoms with Gasteiger partial charge in [-0.3, -0.25) is 4.79 Å². The predicted molar refractivity (Wildman–Crippen MR) is 59.7 cm³/mol. The molecule has 2 aliphatic rings. The van der Waals surface area contributed by atoms with Gasteiger partial charge in [0, 0.05) is 0 Å². The fraction of sp³-hybridized carbons (Fsp3) is 0.769. The summed E-state index contributed by atoms with van der Waals surface area (Å²) in [6, 6.07) is 0. The van der Waals surface area contributed by atoms with E-state index in [4.69, 9.17) is 0 Å². The summed E-state index contributed by atoms with van der Waals surface area (Å²) < 4.78 is 0. The highest BCUT2D eigenvalue weighted by Gasteiger charge is 2.27. The fourth-order valence-electron chi connectivity index (χ4n) is 3.01. The van der Waals surface area contributed by atoms with E-state index in [2.05, 4.69) is 0 Å². The van der Waals surface area contributed by atoms with Crippen molar-refractivity contribution in [2.24, 2.45) is 5.92 Å². The maximum absolute atomic E-state index is 11.2. The molecule has 0 saturated heterocycles. The van der Waals surface area contributed by atoms with Crippen LogP contribution in [0, 0.1) is 5.92 Å². The second-order valence-electron chi connectivity index (χ2n) is 4.83. The lowest BCUT2D eigenvalue weighted by Gasteiger charge is -2.27. The summed E-state index contributed by atoms with van der Waals surface area (Å²) >= 11 is 0. The van der Waals surface area contributed by atoms with Gasteiger partial charge < -0.3 is 5.11 Å². The Labute approximate surface area is 91.4 Å². The molecule has 1 unspecified atom stereocenters. The van der Waals surface area contributed by atoms with E-state index >= 15 is 0 Å². The van der Waals surface area contributed by atoms with Crippen molar-refractivity contribution >= 4 is 5.97 Å². The molecule has 0 aromatic carbocycles. The van der Waals surface area contributed by atoms with Crippen LogP contribution in [0.5, 0.6) is 0 Å². The van der Waals surface area contributed by atoms with Crippen LogP contribution in [-0.2, 0) is 4.79 Å². The van der Waals surface area contributed by atoms with Gasteiger partial charge in [-0.1, -0.05) is 24.0 Å². The second kappa shape index (κ2) is 4.82. The number of carboxylic acids is 1. The first kappa shape index (κ1) is 10.7.